The number of H-pyrrole nitrogens is 1. The molecule has 1 unspecified atom stereocenters. The number of carbonyl (C=O) groups excluding carboxylic acids is 1. The third-order valence-electron chi connectivity index (χ3n) is 5.30. The predicted octanol–water partition coefficient (Wildman–Crippen LogP) is 5.41. The number of rotatable bonds is 4. The number of aromatic amines is 1. The number of fused-ring (bicyclic) bond motifs is 1. The minimum absolute atomic E-state index is 0.0439. The molecule has 0 saturated heterocycles. The number of nitrogens with zero attached hydrogens (tertiary/aromatic N) is 2. The molecule has 1 aliphatic rings. The van der Waals surface area contributed by atoms with E-state index in [-0.39, 0.29) is 10.9 Å². The molecule has 0 fully saturated rings. The van der Waals surface area contributed by atoms with Gasteiger partial charge in [0.15, 0.2) is 0 Å². The summed E-state index contributed by atoms with van der Waals surface area (Å²) in [5.41, 5.74) is 4.44. The molecule has 144 valence electrons. The number of amides is 1. The van der Waals surface area contributed by atoms with E-state index in [9.17, 15) is 9.18 Å². The zero-order chi connectivity index (χ0) is 19.8. The van der Waals surface area contributed by atoms with E-state index < -0.39 is 5.82 Å². The van der Waals surface area contributed by atoms with Crippen molar-refractivity contribution < 1.29 is 9.18 Å². The molecule has 1 atom stereocenters. The molecule has 4 rings (SSSR count). The van der Waals surface area contributed by atoms with E-state index in [0.717, 1.165) is 40.6 Å². The molecule has 4 nitrogen and oxygen atoms in total. The van der Waals surface area contributed by atoms with Crippen LogP contribution in [0, 0.1) is 5.82 Å². The SMILES string of the molecule is CC(c1c(Cl)ccc(F)c1Cl)c1c[nH]c2ncc(C3=CCN(C=O)CC3)cc12. The lowest BCUT2D eigenvalue weighted by atomic mass is 9.92. The Labute approximate surface area is 172 Å². The van der Waals surface area contributed by atoms with Gasteiger partial charge in [-0.3, -0.25) is 4.79 Å². The normalized spacial score (nSPS) is 15.6. The maximum Gasteiger partial charge on any atom is 0.209 e. The van der Waals surface area contributed by atoms with Crippen LogP contribution >= 0.6 is 23.2 Å². The van der Waals surface area contributed by atoms with Crippen molar-refractivity contribution in [2.45, 2.75) is 19.3 Å². The van der Waals surface area contributed by atoms with Gasteiger partial charge in [-0.2, -0.15) is 0 Å². The van der Waals surface area contributed by atoms with Gasteiger partial charge in [0.1, 0.15) is 11.5 Å². The Morgan fingerprint density at radius 2 is 2.18 bits per heavy atom. The van der Waals surface area contributed by atoms with Gasteiger partial charge < -0.3 is 9.88 Å². The van der Waals surface area contributed by atoms with Gasteiger partial charge in [0.2, 0.25) is 6.41 Å². The van der Waals surface area contributed by atoms with Crippen LogP contribution in [0.25, 0.3) is 16.6 Å². The molecule has 3 aromatic rings. The first-order valence-corrected chi connectivity index (χ1v) is 9.74. The third kappa shape index (κ3) is 3.29. The first-order chi connectivity index (χ1) is 13.5. The smallest absolute Gasteiger partial charge is 0.209 e. The van der Waals surface area contributed by atoms with Gasteiger partial charge in [0.05, 0.1) is 5.02 Å². The monoisotopic (exact) mass is 417 g/mol. The molecule has 0 saturated carbocycles. The number of aromatic nitrogens is 2. The molecule has 28 heavy (non-hydrogen) atoms. The van der Waals surface area contributed by atoms with Gasteiger partial charge in [0, 0.05) is 41.8 Å². The van der Waals surface area contributed by atoms with Crippen molar-refractivity contribution in [2.24, 2.45) is 0 Å². The third-order valence-corrected chi connectivity index (χ3v) is 6.02. The summed E-state index contributed by atoms with van der Waals surface area (Å²) >= 11 is 12.5. The van der Waals surface area contributed by atoms with Crippen molar-refractivity contribution in [2.75, 3.05) is 13.1 Å². The largest absolute Gasteiger partial charge is 0.346 e. The molecule has 1 aromatic carbocycles. The minimum atomic E-state index is -0.487. The van der Waals surface area contributed by atoms with Crippen molar-refractivity contribution >= 4 is 46.2 Å². The molecular weight excluding hydrogens is 400 g/mol. The van der Waals surface area contributed by atoms with Gasteiger partial charge in [0.25, 0.3) is 0 Å². The van der Waals surface area contributed by atoms with E-state index >= 15 is 0 Å². The van der Waals surface area contributed by atoms with Crippen LogP contribution in [-0.2, 0) is 4.79 Å². The molecule has 3 heterocycles. The van der Waals surface area contributed by atoms with Crippen LogP contribution < -0.4 is 0 Å². The summed E-state index contributed by atoms with van der Waals surface area (Å²) < 4.78 is 14.0. The number of benzene rings is 1. The van der Waals surface area contributed by atoms with Gasteiger partial charge in [-0.25, -0.2) is 9.37 Å². The molecule has 7 heteroatoms. The van der Waals surface area contributed by atoms with Crippen LogP contribution in [0.3, 0.4) is 0 Å². The van der Waals surface area contributed by atoms with Gasteiger partial charge in [-0.05, 0) is 46.9 Å². The predicted molar refractivity (Wildman–Crippen MR) is 110 cm³/mol. The van der Waals surface area contributed by atoms with E-state index in [1.54, 1.807) is 4.90 Å². The number of nitrogens with one attached hydrogen (secondary N) is 1. The van der Waals surface area contributed by atoms with Crippen molar-refractivity contribution in [3.63, 3.8) is 0 Å². The van der Waals surface area contributed by atoms with Crippen LogP contribution in [0.4, 0.5) is 4.39 Å². The molecular formula is C21H18Cl2FN3O. The zero-order valence-electron chi connectivity index (χ0n) is 15.2. The lowest BCUT2D eigenvalue weighted by Crippen LogP contribution is -2.26. The second-order valence-electron chi connectivity index (χ2n) is 6.92. The van der Waals surface area contributed by atoms with E-state index in [2.05, 4.69) is 22.1 Å². The highest BCUT2D eigenvalue weighted by molar-refractivity contribution is 6.36. The van der Waals surface area contributed by atoms with Crippen molar-refractivity contribution in [1.82, 2.24) is 14.9 Å². The first-order valence-electron chi connectivity index (χ1n) is 8.98. The quantitative estimate of drug-likeness (QED) is 0.455. The Morgan fingerprint density at radius 1 is 1.36 bits per heavy atom. The molecule has 0 aliphatic carbocycles. The summed E-state index contributed by atoms with van der Waals surface area (Å²) in [6.07, 6.45) is 7.40. The molecule has 0 radical (unpaired) electrons. The Morgan fingerprint density at radius 3 is 2.89 bits per heavy atom. The number of hydrogen-bond acceptors (Lipinski definition) is 2. The van der Waals surface area contributed by atoms with E-state index in [1.807, 2.05) is 19.3 Å². The average Bonchev–Trinajstić information content (AvgIpc) is 3.14. The van der Waals surface area contributed by atoms with E-state index in [1.165, 1.54) is 12.1 Å². The maximum absolute atomic E-state index is 14.0. The number of halogens is 3. The van der Waals surface area contributed by atoms with Crippen LogP contribution in [-0.4, -0.2) is 34.4 Å². The fourth-order valence-electron chi connectivity index (χ4n) is 3.70. The molecule has 0 spiro atoms. The highest BCUT2D eigenvalue weighted by Crippen LogP contribution is 2.39. The minimum Gasteiger partial charge on any atom is -0.346 e. The number of carbonyl (C=O) groups is 1. The van der Waals surface area contributed by atoms with Gasteiger partial charge in [-0.15, -0.1) is 0 Å². The second-order valence-corrected chi connectivity index (χ2v) is 7.71. The van der Waals surface area contributed by atoms with Crippen LogP contribution in [0.15, 0.2) is 36.7 Å². The number of pyridine rings is 1. The Bertz CT molecular complexity index is 1090. The Hall–Kier alpha value is -2.37. The van der Waals surface area contributed by atoms with E-state index in [0.29, 0.717) is 23.7 Å². The molecule has 1 amide bonds. The highest BCUT2D eigenvalue weighted by Gasteiger charge is 2.22. The Kier molecular flexibility index (Phi) is 5.13. The summed E-state index contributed by atoms with van der Waals surface area (Å²) in [4.78, 5) is 20.3. The van der Waals surface area contributed by atoms with Gasteiger partial charge >= 0.3 is 0 Å². The lowest BCUT2D eigenvalue weighted by molar-refractivity contribution is -0.117. The van der Waals surface area contributed by atoms with Gasteiger partial charge in [-0.1, -0.05) is 36.2 Å². The van der Waals surface area contributed by atoms with Crippen molar-refractivity contribution in [3.05, 3.63) is 69.2 Å². The average molecular weight is 418 g/mol. The fourth-order valence-corrected chi connectivity index (χ4v) is 4.39. The van der Waals surface area contributed by atoms with Crippen molar-refractivity contribution in [3.8, 4) is 0 Å². The highest BCUT2D eigenvalue weighted by atomic mass is 35.5. The molecule has 2 aromatic heterocycles. The first kappa shape index (κ1) is 19.0. The zero-order valence-corrected chi connectivity index (χ0v) is 16.7. The van der Waals surface area contributed by atoms with Crippen molar-refractivity contribution in [1.29, 1.82) is 0 Å². The van der Waals surface area contributed by atoms with Crippen LogP contribution in [0.1, 0.15) is 36.0 Å². The van der Waals surface area contributed by atoms with Crippen LogP contribution in [0.2, 0.25) is 10.0 Å². The summed E-state index contributed by atoms with van der Waals surface area (Å²) in [5, 5.41) is 1.42. The summed E-state index contributed by atoms with van der Waals surface area (Å²) in [6.45, 7) is 3.24. The molecule has 1 aliphatic heterocycles. The van der Waals surface area contributed by atoms with Crippen LogP contribution in [0.5, 0.6) is 0 Å². The second kappa shape index (κ2) is 7.57. The summed E-state index contributed by atoms with van der Waals surface area (Å²) in [5.74, 6) is -0.703. The standard InChI is InChI=1S/C21H18Cl2FN3O/c1-12(19-17(22)2-3-18(24)20(19)23)16-10-26-21-15(16)8-14(9-25-21)13-4-6-27(11-28)7-5-13/h2-4,8-12H,5-7H2,1H3,(H,25,26). The topological polar surface area (TPSA) is 49.0 Å². The molecule has 1 N–H and O–H groups in total. The number of hydrogen-bond donors (Lipinski definition) is 1. The Balaban J connectivity index is 1.76. The van der Waals surface area contributed by atoms with E-state index in [4.69, 9.17) is 23.2 Å². The summed E-state index contributed by atoms with van der Waals surface area (Å²) in [6, 6.07) is 4.88. The lowest BCUT2D eigenvalue weighted by Gasteiger charge is -2.22. The summed E-state index contributed by atoms with van der Waals surface area (Å²) in [7, 11) is 0. The fraction of sp³-hybridized carbons (Fsp3) is 0.238. The molecule has 0 bridgehead atoms. The maximum atomic E-state index is 14.0.